The molecule has 0 aromatic rings. The van der Waals surface area contributed by atoms with Crippen molar-refractivity contribution in [1.29, 1.82) is 0 Å². The van der Waals surface area contributed by atoms with Crippen LogP contribution in [0.2, 0.25) is 0 Å². The van der Waals surface area contributed by atoms with E-state index < -0.39 is 0 Å². The first-order valence-electron chi connectivity index (χ1n) is 7.33. The maximum Gasteiger partial charge on any atom is 0.310 e. The number of hydrogen-bond acceptors (Lipinski definition) is 5. The summed E-state index contributed by atoms with van der Waals surface area (Å²) in [4.78, 5) is 37.3. The first kappa shape index (κ1) is 15.5. The number of rotatable bonds is 3. The number of carbonyl (C=O) groups excluding carboxylic acids is 3. The summed E-state index contributed by atoms with van der Waals surface area (Å²) in [5, 5.41) is 5.25. The Bertz CT molecular complexity index is 475. The topological polar surface area (TPSA) is 79.3 Å². The molecule has 116 valence electrons. The number of esters is 1. The molecule has 2 aliphatic heterocycles. The highest BCUT2D eigenvalue weighted by atomic mass is 16.5. The first-order valence-corrected chi connectivity index (χ1v) is 7.33. The van der Waals surface area contributed by atoms with Crippen LogP contribution in [0.4, 0.5) is 0 Å². The van der Waals surface area contributed by atoms with Crippen LogP contribution in [0.3, 0.4) is 0 Å². The van der Waals surface area contributed by atoms with E-state index >= 15 is 0 Å². The molecule has 0 aromatic heterocycles. The number of likely N-dealkylation sites (tertiary alicyclic amines) is 1. The van der Waals surface area contributed by atoms with E-state index in [9.17, 15) is 14.4 Å². The molecule has 0 N–H and O–H groups in total. The van der Waals surface area contributed by atoms with Gasteiger partial charge in [0.1, 0.15) is 5.71 Å². The lowest BCUT2D eigenvalue weighted by atomic mass is 9.97. The van der Waals surface area contributed by atoms with Crippen LogP contribution >= 0.6 is 0 Å². The van der Waals surface area contributed by atoms with Gasteiger partial charge in [0.15, 0.2) is 0 Å². The van der Waals surface area contributed by atoms with Gasteiger partial charge in [-0.15, -0.1) is 0 Å². The molecule has 0 aromatic carbocycles. The third-order valence-corrected chi connectivity index (χ3v) is 3.78. The van der Waals surface area contributed by atoms with Crippen molar-refractivity contribution in [3.8, 4) is 0 Å². The highest BCUT2D eigenvalue weighted by molar-refractivity contribution is 6.39. The molecule has 2 aliphatic rings. The number of ether oxygens (including phenoxy) is 1. The lowest BCUT2D eigenvalue weighted by Crippen LogP contribution is -2.47. The predicted octanol–water partition coefficient (Wildman–Crippen LogP) is 0.396. The van der Waals surface area contributed by atoms with Gasteiger partial charge < -0.3 is 9.64 Å². The van der Waals surface area contributed by atoms with Crippen molar-refractivity contribution in [3.05, 3.63) is 0 Å². The zero-order valence-electron chi connectivity index (χ0n) is 12.5. The molecule has 0 aliphatic carbocycles. The van der Waals surface area contributed by atoms with E-state index in [1.165, 1.54) is 5.01 Å². The van der Waals surface area contributed by atoms with Crippen molar-refractivity contribution in [2.45, 2.75) is 32.6 Å². The Labute approximate surface area is 123 Å². The molecule has 7 nitrogen and oxygen atoms in total. The van der Waals surface area contributed by atoms with Gasteiger partial charge in [-0.05, 0) is 19.8 Å². The Morgan fingerprint density at radius 3 is 2.81 bits per heavy atom. The fraction of sp³-hybridized carbons (Fsp3) is 0.714. The van der Waals surface area contributed by atoms with Crippen LogP contribution in [0.1, 0.15) is 32.6 Å². The molecular weight excluding hydrogens is 274 g/mol. The molecule has 2 rings (SSSR count). The van der Waals surface area contributed by atoms with Crippen molar-refractivity contribution in [2.75, 3.05) is 26.7 Å². The van der Waals surface area contributed by atoms with Gasteiger partial charge in [-0.3, -0.25) is 14.4 Å². The lowest BCUT2D eigenvalue weighted by Gasteiger charge is -2.32. The zero-order valence-corrected chi connectivity index (χ0v) is 12.5. The molecule has 2 amide bonds. The van der Waals surface area contributed by atoms with Crippen LogP contribution < -0.4 is 0 Å². The number of hydrogen-bond donors (Lipinski definition) is 0. The van der Waals surface area contributed by atoms with E-state index in [0.717, 1.165) is 12.8 Å². The first-order chi connectivity index (χ1) is 10.0. The molecule has 0 bridgehead atoms. The highest BCUT2D eigenvalue weighted by Gasteiger charge is 2.32. The average molecular weight is 295 g/mol. The molecule has 0 spiro atoms. The van der Waals surface area contributed by atoms with Crippen LogP contribution in [-0.2, 0) is 19.1 Å². The molecule has 7 heteroatoms. The number of nitrogens with zero attached hydrogens (tertiary/aromatic N) is 3. The van der Waals surface area contributed by atoms with Crippen LogP contribution in [-0.4, -0.2) is 60.1 Å². The maximum atomic E-state index is 12.4. The van der Waals surface area contributed by atoms with Crippen molar-refractivity contribution in [2.24, 2.45) is 11.0 Å². The molecule has 2 heterocycles. The van der Waals surface area contributed by atoms with Crippen molar-refractivity contribution < 1.29 is 19.1 Å². The Morgan fingerprint density at radius 2 is 2.14 bits per heavy atom. The Morgan fingerprint density at radius 1 is 1.38 bits per heavy atom. The normalized spacial score (nSPS) is 22.9. The quantitative estimate of drug-likeness (QED) is 0.706. The lowest BCUT2D eigenvalue weighted by molar-refractivity contribution is -0.150. The van der Waals surface area contributed by atoms with E-state index in [0.29, 0.717) is 38.2 Å². The van der Waals surface area contributed by atoms with Crippen molar-refractivity contribution in [1.82, 2.24) is 9.91 Å². The summed E-state index contributed by atoms with van der Waals surface area (Å²) in [5.41, 5.74) is 0.390. The van der Waals surface area contributed by atoms with Crippen LogP contribution in [0, 0.1) is 5.92 Å². The van der Waals surface area contributed by atoms with Gasteiger partial charge in [0.25, 0.3) is 5.91 Å². The maximum absolute atomic E-state index is 12.4. The average Bonchev–Trinajstić information content (AvgIpc) is 2.49. The summed E-state index contributed by atoms with van der Waals surface area (Å²) < 4.78 is 5.03. The predicted molar refractivity (Wildman–Crippen MR) is 75.4 cm³/mol. The SMILES string of the molecule is CCOC(=O)[C@@H]1CCCN(C(=O)C2=NN(C)C(=O)CC2)C1. The van der Waals surface area contributed by atoms with Crippen LogP contribution in [0.15, 0.2) is 5.10 Å². The summed E-state index contributed by atoms with van der Waals surface area (Å²) in [6.45, 7) is 3.11. The van der Waals surface area contributed by atoms with E-state index in [1.54, 1.807) is 18.9 Å². The summed E-state index contributed by atoms with van der Waals surface area (Å²) in [6, 6.07) is 0. The van der Waals surface area contributed by atoms with Gasteiger partial charge in [-0.2, -0.15) is 5.10 Å². The standard InChI is InChI=1S/C14H21N3O4/c1-3-21-14(20)10-5-4-8-17(9-10)13(19)11-6-7-12(18)16(2)15-11/h10H,3-9H2,1-2H3/t10-/m1/s1. The number of piperidine rings is 1. The molecule has 1 fully saturated rings. The molecule has 21 heavy (non-hydrogen) atoms. The molecule has 0 radical (unpaired) electrons. The fourth-order valence-corrected chi connectivity index (χ4v) is 2.62. The van der Waals surface area contributed by atoms with Crippen molar-refractivity contribution in [3.63, 3.8) is 0 Å². The van der Waals surface area contributed by atoms with Crippen molar-refractivity contribution >= 4 is 23.5 Å². The number of carbonyl (C=O) groups is 3. The molecule has 1 saturated heterocycles. The summed E-state index contributed by atoms with van der Waals surface area (Å²) in [7, 11) is 1.55. The summed E-state index contributed by atoms with van der Waals surface area (Å²) in [5.74, 6) is -0.767. The monoisotopic (exact) mass is 295 g/mol. The minimum absolute atomic E-state index is 0.0883. The zero-order chi connectivity index (χ0) is 15.4. The van der Waals surface area contributed by atoms with E-state index in [4.69, 9.17) is 4.74 Å². The second kappa shape index (κ2) is 6.69. The smallest absolute Gasteiger partial charge is 0.310 e. The number of hydrazone groups is 1. The molecule has 0 saturated carbocycles. The third-order valence-electron chi connectivity index (χ3n) is 3.78. The van der Waals surface area contributed by atoms with Gasteiger partial charge in [-0.1, -0.05) is 0 Å². The van der Waals surface area contributed by atoms with Gasteiger partial charge in [0.05, 0.1) is 12.5 Å². The van der Waals surface area contributed by atoms with E-state index in [2.05, 4.69) is 5.10 Å². The minimum atomic E-state index is -0.258. The Kier molecular flexibility index (Phi) is 4.93. The largest absolute Gasteiger partial charge is 0.466 e. The van der Waals surface area contributed by atoms with Gasteiger partial charge in [0.2, 0.25) is 5.91 Å². The minimum Gasteiger partial charge on any atom is -0.466 e. The molecular formula is C14H21N3O4. The fourth-order valence-electron chi connectivity index (χ4n) is 2.62. The van der Waals surface area contributed by atoms with Crippen LogP contribution in [0.25, 0.3) is 0 Å². The number of amides is 2. The third kappa shape index (κ3) is 3.59. The van der Waals surface area contributed by atoms with Gasteiger partial charge in [0, 0.05) is 33.0 Å². The summed E-state index contributed by atoms with van der Waals surface area (Å²) >= 11 is 0. The Hall–Kier alpha value is -1.92. The van der Waals surface area contributed by atoms with Gasteiger partial charge >= 0.3 is 5.97 Å². The summed E-state index contributed by atoms with van der Waals surface area (Å²) in [6.07, 6.45) is 2.18. The van der Waals surface area contributed by atoms with Gasteiger partial charge in [-0.25, -0.2) is 5.01 Å². The highest BCUT2D eigenvalue weighted by Crippen LogP contribution is 2.19. The van der Waals surface area contributed by atoms with E-state index in [-0.39, 0.29) is 23.7 Å². The Balaban J connectivity index is 2.01. The van der Waals surface area contributed by atoms with E-state index in [1.807, 2.05) is 0 Å². The van der Waals surface area contributed by atoms with Crippen LogP contribution in [0.5, 0.6) is 0 Å². The second-order valence-electron chi connectivity index (χ2n) is 5.31. The molecule has 0 unspecified atom stereocenters. The molecule has 1 atom stereocenters. The second-order valence-corrected chi connectivity index (χ2v) is 5.31.